The Kier molecular flexibility index (Phi) is 5.05. The Balaban J connectivity index is 1.50. The maximum absolute atomic E-state index is 6.14. The Bertz CT molecular complexity index is 889. The minimum absolute atomic E-state index is 0.472. The summed E-state index contributed by atoms with van der Waals surface area (Å²) in [6.45, 7) is 3.14. The predicted molar refractivity (Wildman–Crippen MR) is 105 cm³/mol. The van der Waals surface area contributed by atoms with Crippen LogP contribution < -0.4 is 0 Å². The molecule has 1 aliphatic rings. The van der Waals surface area contributed by atoms with Gasteiger partial charge in [-0.25, -0.2) is 0 Å². The first-order valence-electron chi connectivity index (χ1n) is 9.10. The summed E-state index contributed by atoms with van der Waals surface area (Å²) in [5.41, 5.74) is 4.52. The summed E-state index contributed by atoms with van der Waals surface area (Å²) in [6, 6.07) is 14.2. The number of benzene rings is 1. The van der Waals surface area contributed by atoms with Gasteiger partial charge >= 0.3 is 0 Å². The van der Waals surface area contributed by atoms with E-state index in [0.717, 1.165) is 35.9 Å². The lowest BCUT2D eigenvalue weighted by atomic mass is 9.93. The molecular formula is C21H23ClN4. The van der Waals surface area contributed by atoms with E-state index in [9.17, 15) is 0 Å². The van der Waals surface area contributed by atoms with Gasteiger partial charge in [0.15, 0.2) is 0 Å². The number of halogens is 1. The standard InChI is InChI=1S/C21H23ClN4/c1-25-13-16(12-23-25)14-26-10-4-6-18(15-26)21-9-3-8-20(24-21)17-5-2-7-19(22)11-17/h2-3,5,7-9,11-13,18H,4,6,10,14-15H2,1H3/t18-/m0/s1. The molecule has 1 aliphatic heterocycles. The number of pyridine rings is 1. The van der Waals surface area contributed by atoms with E-state index in [1.165, 1.54) is 24.1 Å². The number of likely N-dealkylation sites (tertiary alicyclic amines) is 1. The Morgan fingerprint density at radius 3 is 2.88 bits per heavy atom. The molecule has 134 valence electrons. The second kappa shape index (κ2) is 7.60. The molecule has 0 spiro atoms. The molecule has 0 bridgehead atoms. The first kappa shape index (κ1) is 17.3. The molecule has 0 aliphatic carbocycles. The number of aryl methyl sites for hydroxylation is 1. The van der Waals surface area contributed by atoms with Crippen LogP contribution in [0.15, 0.2) is 54.9 Å². The molecule has 0 N–H and O–H groups in total. The summed E-state index contributed by atoms with van der Waals surface area (Å²) in [5, 5.41) is 5.02. The number of nitrogens with zero attached hydrogens (tertiary/aromatic N) is 4. The first-order chi connectivity index (χ1) is 12.7. The first-order valence-corrected chi connectivity index (χ1v) is 9.48. The quantitative estimate of drug-likeness (QED) is 0.681. The Morgan fingerprint density at radius 1 is 1.19 bits per heavy atom. The van der Waals surface area contributed by atoms with Crippen LogP contribution in [0.4, 0.5) is 0 Å². The van der Waals surface area contributed by atoms with E-state index in [1.807, 2.05) is 36.1 Å². The van der Waals surface area contributed by atoms with E-state index in [2.05, 4.69) is 40.5 Å². The lowest BCUT2D eigenvalue weighted by Crippen LogP contribution is -2.34. The third kappa shape index (κ3) is 3.97. The van der Waals surface area contributed by atoms with Gasteiger partial charge in [0.1, 0.15) is 0 Å². The highest BCUT2D eigenvalue weighted by atomic mass is 35.5. The highest BCUT2D eigenvalue weighted by Crippen LogP contribution is 2.29. The molecule has 2 aromatic heterocycles. The van der Waals surface area contributed by atoms with Crippen LogP contribution in [0.2, 0.25) is 5.02 Å². The van der Waals surface area contributed by atoms with Gasteiger partial charge in [0.05, 0.1) is 11.9 Å². The second-order valence-electron chi connectivity index (χ2n) is 7.05. The number of hydrogen-bond donors (Lipinski definition) is 0. The molecule has 5 heteroatoms. The van der Waals surface area contributed by atoms with Crippen molar-refractivity contribution in [3.05, 3.63) is 71.1 Å². The summed E-state index contributed by atoms with van der Waals surface area (Å²) >= 11 is 6.14. The zero-order chi connectivity index (χ0) is 17.9. The van der Waals surface area contributed by atoms with Gasteiger partial charge < -0.3 is 0 Å². The highest BCUT2D eigenvalue weighted by Gasteiger charge is 2.23. The summed E-state index contributed by atoms with van der Waals surface area (Å²) < 4.78 is 1.87. The van der Waals surface area contributed by atoms with Crippen LogP contribution in [-0.2, 0) is 13.6 Å². The van der Waals surface area contributed by atoms with E-state index in [4.69, 9.17) is 16.6 Å². The van der Waals surface area contributed by atoms with Crippen LogP contribution in [-0.4, -0.2) is 32.8 Å². The van der Waals surface area contributed by atoms with Crippen LogP contribution >= 0.6 is 11.6 Å². The highest BCUT2D eigenvalue weighted by molar-refractivity contribution is 6.30. The minimum Gasteiger partial charge on any atom is -0.298 e. The van der Waals surface area contributed by atoms with E-state index in [1.54, 1.807) is 0 Å². The lowest BCUT2D eigenvalue weighted by Gasteiger charge is -2.32. The third-order valence-corrected chi connectivity index (χ3v) is 5.21. The SMILES string of the molecule is Cn1cc(CN2CCC[C@H](c3cccc(-c4cccc(Cl)c4)n3)C2)cn1. The fourth-order valence-corrected chi connectivity index (χ4v) is 3.93. The normalized spacial score (nSPS) is 18.2. The molecule has 26 heavy (non-hydrogen) atoms. The minimum atomic E-state index is 0.472. The number of aromatic nitrogens is 3. The maximum atomic E-state index is 6.14. The van der Waals surface area contributed by atoms with E-state index in [-0.39, 0.29) is 0 Å². The van der Waals surface area contributed by atoms with Gasteiger partial charge in [-0.3, -0.25) is 14.6 Å². The van der Waals surface area contributed by atoms with Crippen molar-refractivity contribution >= 4 is 11.6 Å². The smallest absolute Gasteiger partial charge is 0.0705 e. The molecule has 4 nitrogen and oxygen atoms in total. The van der Waals surface area contributed by atoms with Gasteiger partial charge in [0, 0.05) is 54.1 Å². The van der Waals surface area contributed by atoms with Crippen LogP contribution in [0.25, 0.3) is 11.3 Å². The predicted octanol–water partition coefficient (Wildman–Crippen LogP) is 4.52. The Labute approximate surface area is 159 Å². The largest absolute Gasteiger partial charge is 0.298 e. The Morgan fingerprint density at radius 2 is 2.08 bits per heavy atom. The fourth-order valence-electron chi connectivity index (χ4n) is 3.74. The zero-order valence-electron chi connectivity index (χ0n) is 15.0. The summed E-state index contributed by atoms with van der Waals surface area (Å²) in [6.07, 6.45) is 6.45. The van der Waals surface area contributed by atoms with Crippen molar-refractivity contribution in [2.45, 2.75) is 25.3 Å². The molecule has 0 unspecified atom stereocenters. The maximum Gasteiger partial charge on any atom is 0.0705 e. The van der Waals surface area contributed by atoms with Crippen LogP contribution in [0.5, 0.6) is 0 Å². The topological polar surface area (TPSA) is 34.0 Å². The lowest BCUT2D eigenvalue weighted by molar-refractivity contribution is 0.198. The van der Waals surface area contributed by atoms with Crippen molar-refractivity contribution < 1.29 is 0 Å². The molecule has 1 atom stereocenters. The van der Waals surface area contributed by atoms with Gasteiger partial charge in [0.25, 0.3) is 0 Å². The van der Waals surface area contributed by atoms with Crippen molar-refractivity contribution in [3.8, 4) is 11.3 Å². The van der Waals surface area contributed by atoms with Gasteiger partial charge in [-0.1, -0.05) is 29.8 Å². The second-order valence-corrected chi connectivity index (χ2v) is 7.49. The Hall–Kier alpha value is -2.17. The van der Waals surface area contributed by atoms with Crippen molar-refractivity contribution in [1.29, 1.82) is 0 Å². The molecule has 0 radical (unpaired) electrons. The van der Waals surface area contributed by atoms with E-state index in [0.29, 0.717) is 5.92 Å². The molecule has 3 heterocycles. The molecule has 1 saturated heterocycles. The average Bonchev–Trinajstić information content (AvgIpc) is 3.07. The fraction of sp³-hybridized carbons (Fsp3) is 0.333. The summed E-state index contributed by atoms with van der Waals surface area (Å²) in [7, 11) is 1.97. The number of piperidine rings is 1. The van der Waals surface area contributed by atoms with Crippen molar-refractivity contribution in [1.82, 2.24) is 19.7 Å². The monoisotopic (exact) mass is 366 g/mol. The molecular weight excluding hydrogens is 344 g/mol. The van der Waals surface area contributed by atoms with E-state index >= 15 is 0 Å². The van der Waals surface area contributed by atoms with E-state index < -0.39 is 0 Å². The van der Waals surface area contributed by atoms with Gasteiger partial charge in [0.2, 0.25) is 0 Å². The van der Waals surface area contributed by atoms with Gasteiger partial charge in [-0.05, 0) is 43.7 Å². The third-order valence-electron chi connectivity index (χ3n) is 4.98. The summed E-state index contributed by atoms with van der Waals surface area (Å²) in [4.78, 5) is 7.46. The van der Waals surface area contributed by atoms with Crippen molar-refractivity contribution in [2.75, 3.05) is 13.1 Å². The van der Waals surface area contributed by atoms with Crippen LogP contribution in [0.3, 0.4) is 0 Å². The van der Waals surface area contributed by atoms with Crippen LogP contribution in [0.1, 0.15) is 30.0 Å². The molecule has 3 aromatic rings. The molecule has 1 fully saturated rings. The molecule has 0 amide bonds. The van der Waals surface area contributed by atoms with Crippen LogP contribution in [0, 0.1) is 0 Å². The molecule has 0 saturated carbocycles. The van der Waals surface area contributed by atoms with Gasteiger partial charge in [-0.15, -0.1) is 0 Å². The van der Waals surface area contributed by atoms with Crippen molar-refractivity contribution in [3.63, 3.8) is 0 Å². The van der Waals surface area contributed by atoms with Gasteiger partial charge in [-0.2, -0.15) is 5.10 Å². The number of rotatable bonds is 4. The molecule has 4 rings (SSSR count). The number of hydrogen-bond acceptors (Lipinski definition) is 3. The molecule has 1 aromatic carbocycles. The zero-order valence-corrected chi connectivity index (χ0v) is 15.7. The summed E-state index contributed by atoms with van der Waals surface area (Å²) in [5.74, 6) is 0.472. The van der Waals surface area contributed by atoms with Crippen molar-refractivity contribution in [2.24, 2.45) is 7.05 Å². The average molecular weight is 367 g/mol.